The van der Waals surface area contributed by atoms with Crippen molar-refractivity contribution in [2.75, 3.05) is 13.6 Å². The fraction of sp³-hybridized carbons (Fsp3) is 0.458. The number of hydrogen-bond acceptors (Lipinski definition) is 2. The summed E-state index contributed by atoms with van der Waals surface area (Å²) in [4.78, 5) is 3.09. The van der Waals surface area contributed by atoms with Gasteiger partial charge in [0.05, 0.1) is 6.07 Å². The molecule has 0 aromatic heterocycles. The third kappa shape index (κ3) is 7.48. The Morgan fingerprint density at radius 2 is 1.70 bits per heavy atom. The molecule has 0 spiro atoms. The molecule has 0 N–H and O–H groups in total. The Balaban J connectivity index is 0.000000817. The largest absolute Gasteiger partial charge is 0.302 e. The average Bonchev–Trinajstić information content (AvgIpc) is 3.10. The van der Waals surface area contributed by atoms with Gasteiger partial charge in [-0.15, -0.1) is 0 Å². The summed E-state index contributed by atoms with van der Waals surface area (Å²) < 4.78 is 0. The van der Waals surface area contributed by atoms with Crippen molar-refractivity contribution >= 4 is 15.9 Å². The van der Waals surface area contributed by atoms with Gasteiger partial charge >= 0.3 is 0 Å². The highest BCUT2D eigenvalue weighted by atomic mass is 79.9. The van der Waals surface area contributed by atoms with E-state index in [0.717, 1.165) is 19.0 Å². The van der Waals surface area contributed by atoms with Gasteiger partial charge in [0.15, 0.2) is 0 Å². The first-order valence-corrected chi connectivity index (χ1v) is 10.8. The molecule has 27 heavy (non-hydrogen) atoms. The molecule has 2 nitrogen and oxygen atoms in total. The topological polar surface area (TPSA) is 27.0 Å². The number of hydrogen-bond donors (Lipinski definition) is 0. The molecule has 144 valence electrons. The van der Waals surface area contributed by atoms with Crippen LogP contribution in [0.4, 0.5) is 0 Å². The van der Waals surface area contributed by atoms with E-state index in [1.807, 2.05) is 0 Å². The van der Waals surface area contributed by atoms with Crippen molar-refractivity contribution in [1.29, 1.82) is 5.26 Å². The Hall–Kier alpha value is -1.63. The number of aryl methyl sites for hydroxylation is 1. The highest BCUT2D eigenvalue weighted by Gasteiger charge is 2.25. The van der Waals surface area contributed by atoms with Crippen LogP contribution in [-0.4, -0.2) is 23.3 Å². The standard InChI is InChI=1S/C22H28BrN.C2H3N/c1-24(17-19-7-3-2-4-8-19)16-6-9-18-12-14-20(15-13-18)21-10-5-11-22(21)23;1-2-3/h2-4,7-8,12-15,21-22H,5-6,9-11,16-17H2,1H3;1H3. The molecule has 0 radical (unpaired) electrons. The summed E-state index contributed by atoms with van der Waals surface area (Å²) in [5.74, 6) is 0.719. The summed E-state index contributed by atoms with van der Waals surface area (Å²) >= 11 is 3.84. The van der Waals surface area contributed by atoms with E-state index in [4.69, 9.17) is 5.26 Å². The van der Waals surface area contributed by atoms with E-state index in [0.29, 0.717) is 4.83 Å². The highest BCUT2D eigenvalue weighted by molar-refractivity contribution is 9.09. The predicted molar refractivity (Wildman–Crippen MR) is 118 cm³/mol. The van der Waals surface area contributed by atoms with E-state index in [1.54, 1.807) is 6.07 Å². The zero-order chi connectivity index (χ0) is 19.5. The lowest BCUT2D eigenvalue weighted by Crippen LogP contribution is -2.19. The zero-order valence-electron chi connectivity index (χ0n) is 16.6. The van der Waals surface area contributed by atoms with Gasteiger partial charge in [0, 0.05) is 18.3 Å². The first kappa shape index (κ1) is 21.7. The fourth-order valence-corrected chi connectivity index (χ4v) is 4.64. The summed E-state index contributed by atoms with van der Waals surface area (Å²) in [6.07, 6.45) is 6.39. The van der Waals surface area contributed by atoms with Gasteiger partial charge in [0.2, 0.25) is 0 Å². The van der Waals surface area contributed by atoms with Crippen LogP contribution in [0.3, 0.4) is 0 Å². The smallest absolute Gasteiger partial charge is 0.0587 e. The van der Waals surface area contributed by atoms with Crippen LogP contribution < -0.4 is 0 Å². The average molecular weight is 427 g/mol. The molecule has 0 heterocycles. The molecule has 0 amide bonds. The van der Waals surface area contributed by atoms with Crippen molar-refractivity contribution in [1.82, 2.24) is 4.90 Å². The van der Waals surface area contributed by atoms with E-state index >= 15 is 0 Å². The third-order valence-electron chi connectivity index (χ3n) is 5.14. The van der Waals surface area contributed by atoms with Gasteiger partial charge in [0.25, 0.3) is 0 Å². The van der Waals surface area contributed by atoms with Gasteiger partial charge in [-0.25, -0.2) is 0 Å². The van der Waals surface area contributed by atoms with Gasteiger partial charge in [0.1, 0.15) is 0 Å². The molecule has 2 unspecified atom stereocenters. The molecule has 3 heteroatoms. The monoisotopic (exact) mass is 426 g/mol. The summed E-state index contributed by atoms with van der Waals surface area (Å²) in [5, 5.41) is 7.32. The first-order valence-electron chi connectivity index (χ1n) is 9.90. The first-order chi connectivity index (χ1) is 13.1. The molecule has 1 aliphatic carbocycles. The van der Waals surface area contributed by atoms with E-state index < -0.39 is 0 Å². The SMILES string of the molecule is CC#N.CN(CCCc1ccc(C2CCCC2Br)cc1)Cc1ccccc1. The van der Waals surface area contributed by atoms with Gasteiger partial charge in [-0.3, -0.25) is 0 Å². The quantitative estimate of drug-likeness (QED) is 0.484. The molecule has 0 aliphatic heterocycles. The van der Waals surface area contributed by atoms with Crippen LogP contribution in [0, 0.1) is 11.3 Å². The lowest BCUT2D eigenvalue weighted by Gasteiger charge is -2.17. The Morgan fingerprint density at radius 1 is 1.04 bits per heavy atom. The highest BCUT2D eigenvalue weighted by Crippen LogP contribution is 2.39. The van der Waals surface area contributed by atoms with Crippen LogP contribution in [0.2, 0.25) is 0 Å². The number of halogens is 1. The summed E-state index contributed by atoms with van der Waals surface area (Å²) in [5.41, 5.74) is 4.38. The van der Waals surface area contributed by atoms with Crippen molar-refractivity contribution in [3.05, 3.63) is 71.3 Å². The van der Waals surface area contributed by atoms with Crippen molar-refractivity contribution in [2.24, 2.45) is 0 Å². The van der Waals surface area contributed by atoms with E-state index in [2.05, 4.69) is 82.5 Å². The second kappa shape index (κ2) is 12.0. The number of nitriles is 1. The number of rotatable bonds is 7. The van der Waals surface area contributed by atoms with E-state index in [1.165, 1.54) is 55.7 Å². The van der Waals surface area contributed by atoms with Crippen LogP contribution >= 0.6 is 15.9 Å². The maximum atomic E-state index is 7.32. The zero-order valence-corrected chi connectivity index (χ0v) is 18.2. The van der Waals surface area contributed by atoms with Gasteiger partial charge < -0.3 is 4.90 Å². The van der Waals surface area contributed by atoms with Gasteiger partial charge in [-0.05, 0) is 61.9 Å². The normalized spacial score (nSPS) is 18.6. The molecule has 0 bridgehead atoms. The molecule has 2 aromatic carbocycles. The number of nitrogens with zero attached hydrogens (tertiary/aromatic N) is 2. The molecule has 2 atom stereocenters. The maximum Gasteiger partial charge on any atom is 0.0587 e. The van der Waals surface area contributed by atoms with Crippen LogP contribution in [0.1, 0.15) is 55.2 Å². The van der Waals surface area contributed by atoms with Crippen molar-refractivity contribution in [3.63, 3.8) is 0 Å². The molecular formula is C24H31BrN2. The molecule has 1 saturated carbocycles. The summed E-state index contributed by atoms with van der Waals surface area (Å²) in [6.45, 7) is 3.61. The van der Waals surface area contributed by atoms with Gasteiger partial charge in [-0.1, -0.05) is 76.9 Å². The minimum absolute atomic E-state index is 0.676. The van der Waals surface area contributed by atoms with E-state index in [-0.39, 0.29) is 0 Å². The van der Waals surface area contributed by atoms with E-state index in [9.17, 15) is 0 Å². The minimum Gasteiger partial charge on any atom is -0.302 e. The van der Waals surface area contributed by atoms with Crippen LogP contribution in [0.25, 0.3) is 0 Å². The van der Waals surface area contributed by atoms with Gasteiger partial charge in [-0.2, -0.15) is 5.26 Å². The Morgan fingerprint density at radius 3 is 2.30 bits per heavy atom. The molecule has 3 rings (SSSR count). The molecule has 2 aromatic rings. The minimum atomic E-state index is 0.676. The summed E-state index contributed by atoms with van der Waals surface area (Å²) in [6, 6.07) is 21.9. The van der Waals surface area contributed by atoms with Crippen molar-refractivity contribution < 1.29 is 0 Å². The molecule has 1 aliphatic rings. The summed E-state index contributed by atoms with van der Waals surface area (Å²) in [7, 11) is 2.21. The van der Waals surface area contributed by atoms with Crippen molar-refractivity contribution in [3.8, 4) is 6.07 Å². The van der Waals surface area contributed by atoms with Crippen LogP contribution in [0.15, 0.2) is 54.6 Å². The Labute approximate surface area is 173 Å². The van der Waals surface area contributed by atoms with Crippen LogP contribution in [0.5, 0.6) is 0 Å². The lowest BCUT2D eigenvalue weighted by molar-refractivity contribution is 0.322. The molecule has 0 saturated heterocycles. The van der Waals surface area contributed by atoms with Crippen molar-refractivity contribution in [2.45, 2.75) is 56.3 Å². The Kier molecular flexibility index (Phi) is 9.59. The fourth-order valence-electron chi connectivity index (χ4n) is 3.75. The number of alkyl halides is 1. The third-order valence-corrected chi connectivity index (χ3v) is 6.24. The number of benzene rings is 2. The second-order valence-corrected chi connectivity index (χ2v) is 8.52. The second-order valence-electron chi connectivity index (χ2n) is 7.35. The van der Waals surface area contributed by atoms with Crippen LogP contribution in [-0.2, 0) is 13.0 Å². The molecule has 1 fully saturated rings. The molecular weight excluding hydrogens is 396 g/mol. The maximum absolute atomic E-state index is 7.32. The predicted octanol–water partition coefficient (Wildman–Crippen LogP) is 6.31. The lowest BCUT2D eigenvalue weighted by atomic mass is 9.96. The Bertz CT molecular complexity index is 691.